The molecule has 170 valence electrons. The summed E-state index contributed by atoms with van der Waals surface area (Å²) >= 11 is 0. The van der Waals surface area contributed by atoms with Gasteiger partial charge in [-0.05, 0) is 30.7 Å². The molecule has 1 aliphatic rings. The first-order valence-corrected chi connectivity index (χ1v) is 10.9. The molecule has 1 aliphatic heterocycles. The topological polar surface area (TPSA) is 66.8 Å². The number of nitrogens with one attached hydrogen (secondary N) is 2. The largest absolute Gasteiger partial charge is 0.493 e. The van der Waals surface area contributed by atoms with Crippen molar-refractivity contribution in [1.29, 1.82) is 0 Å². The van der Waals surface area contributed by atoms with Crippen LogP contribution in [0.1, 0.15) is 12.0 Å². The van der Waals surface area contributed by atoms with E-state index in [0.29, 0.717) is 23.7 Å². The Morgan fingerprint density at radius 2 is 2.00 bits per heavy atom. The molecule has 1 aromatic heterocycles. The predicted octanol–water partition coefficient (Wildman–Crippen LogP) is 3.49. The third kappa shape index (κ3) is 5.08. The first-order chi connectivity index (χ1) is 15.5. The Balaban J connectivity index is 1.51. The van der Waals surface area contributed by atoms with Gasteiger partial charge in [-0.25, -0.2) is 9.37 Å². The Morgan fingerprint density at radius 1 is 1.19 bits per heavy atom. The average Bonchev–Trinajstić information content (AvgIpc) is 2.79. The number of aromatic nitrogens is 2. The molecule has 8 heteroatoms. The lowest BCUT2D eigenvalue weighted by Gasteiger charge is -2.37. The van der Waals surface area contributed by atoms with Crippen LogP contribution in [0, 0.1) is 12.7 Å². The third-order valence-electron chi connectivity index (χ3n) is 6.04. The standard InChI is InChI=1S/C24H30FN4O3/c1-17-13-18(5-6-20(17)25)28-24-19-14-23(22(30-3)15-21(19)26-16-27-24)32-10-4-7-29(2)8-11-31-12-9-29/h5-6,13-16H,4,7-12H2,1-3H3,(H,26,27,28)/q+1/p+1. The minimum absolute atomic E-state index is 0.229. The lowest BCUT2D eigenvalue weighted by atomic mass is 10.2. The molecule has 0 amide bonds. The number of hydrogen-bond donors (Lipinski definition) is 1. The zero-order valence-electron chi connectivity index (χ0n) is 18.9. The Bertz CT molecular complexity index is 1090. The Morgan fingerprint density at radius 3 is 2.75 bits per heavy atom. The van der Waals surface area contributed by atoms with Crippen molar-refractivity contribution < 1.29 is 28.1 Å². The number of anilines is 2. The molecule has 2 aromatic carbocycles. The molecule has 0 saturated carbocycles. The summed E-state index contributed by atoms with van der Waals surface area (Å²) in [4.78, 5) is 7.57. The van der Waals surface area contributed by atoms with E-state index >= 15 is 0 Å². The molecule has 0 aliphatic carbocycles. The Labute approximate surface area is 187 Å². The van der Waals surface area contributed by atoms with E-state index in [1.54, 1.807) is 32.5 Å². The van der Waals surface area contributed by atoms with Gasteiger partial charge in [-0.1, -0.05) is 0 Å². The summed E-state index contributed by atoms with van der Waals surface area (Å²) in [6.45, 7) is 7.11. The molecule has 0 spiro atoms. The predicted molar refractivity (Wildman–Crippen MR) is 121 cm³/mol. The normalized spacial score (nSPS) is 15.5. The lowest BCUT2D eigenvalue weighted by Crippen LogP contribution is -2.52. The summed E-state index contributed by atoms with van der Waals surface area (Å²) < 4.78 is 31.8. The van der Waals surface area contributed by atoms with E-state index in [9.17, 15) is 4.39 Å². The Kier molecular flexibility index (Phi) is 6.72. The van der Waals surface area contributed by atoms with E-state index in [-0.39, 0.29) is 5.82 Å². The molecular formula is C24H31FN4O3+2. The summed E-state index contributed by atoms with van der Waals surface area (Å²) in [5, 5.41) is 4.18. The van der Waals surface area contributed by atoms with Gasteiger partial charge in [0.25, 0.3) is 0 Å². The number of methoxy groups -OCH3 is 1. The number of likely N-dealkylation sites (N-methyl/N-ethyl adjacent to an activating group) is 1. The van der Waals surface area contributed by atoms with Gasteiger partial charge in [0.05, 0.1) is 51.6 Å². The highest BCUT2D eigenvalue weighted by atomic mass is 19.1. The number of fused-ring (bicyclic) bond motifs is 1. The number of rotatable bonds is 8. The monoisotopic (exact) mass is 442 g/mol. The molecule has 2 N–H and O–H groups in total. The number of halogens is 1. The second-order valence-corrected chi connectivity index (χ2v) is 8.49. The molecule has 7 nitrogen and oxygen atoms in total. The smallest absolute Gasteiger partial charge is 0.234 e. The summed E-state index contributed by atoms with van der Waals surface area (Å²) in [6, 6.07) is 8.73. The van der Waals surface area contributed by atoms with Crippen LogP contribution < -0.4 is 19.8 Å². The number of benzene rings is 2. The van der Waals surface area contributed by atoms with Gasteiger partial charge in [0, 0.05) is 18.6 Å². The van der Waals surface area contributed by atoms with E-state index in [0.717, 1.165) is 66.2 Å². The first kappa shape index (κ1) is 22.2. The molecule has 2 heterocycles. The molecule has 4 rings (SSSR count). The van der Waals surface area contributed by atoms with E-state index in [1.165, 1.54) is 6.07 Å². The van der Waals surface area contributed by atoms with Crippen LogP contribution in [-0.2, 0) is 4.74 Å². The SMILES string of the molecule is COc1cc2nc[nH+]c(Nc3ccc(F)c(C)c3)c2cc1OCCC[N+]1(C)CCOCC1. The van der Waals surface area contributed by atoms with Crippen molar-refractivity contribution in [1.82, 2.24) is 4.98 Å². The van der Waals surface area contributed by atoms with E-state index in [4.69, 9.17) is 14.2 Å². The molecular weight excluding hydrogens is 411 g/mol. The molecule has 0 atom stereocenters. The van der Waals surface area contributed by atoms with Crippen LogP contribution >= 0.6 is 0 Å². The number of nitrogens with zero attached hydrogens (tertiary/aromatic N) is 2. The molecule has 0 bridgehead atoms. The van der Waals surface area contributed by atoms with Crippen LogP contribution in [0.3, 0.4) is 0 Å². The summed E-state index contributed by atoms with van der Waals surface area (Å²) in [5.41, 5.74) is 2.13. The highest BCUT2D eigenvalue weighted by Crippen LogP contribution is 2.34. The summed E-state index contributed by atoms with van der Waals surface area (Å²) in [5.74, 6) is 1.84. The lowest BCUT2D eigenvalue weighted by molar-refractivity contribution is -0.917. The number of aromatic amines is 1. The van der Waals surface area contributed by atoms with Gasteiger partial charge >= 0.3 is 0 Å². The first-order valence-electron chi connectivity index (χ1n) is 10.9. The van der Waals surface area contributed by atoms with Crippen LogP contribution in [0.5, 0.6) is 11.5 Å². The minimum Gasteiger partial charge on any atom is -0.493 e. The fourth-order valence-corrected chi connectivity index (χ4v) is 3.98. The quantitative estimate of drug-likeness (QED) is 0.427. The molecule has 1 saturated heterocycles. The van der Waals surface area contributed by atoms with E-state index in [2.05, 4.69) is 22.3 Å². The number of morpholine rings is 1. The zero-order valence-corrected chi connectivity index (χ0v) is 18.9. The van der Waals surface area contributed by atoms with Crippen LogP contribution in [0.4, 0.5) is 15.9 Å². The Hall–Kier alpha value is -2.97. The molecule has 0 radical (unpaired) electrons. The van der Waals surface area contributed by atoms with Crippen molar-refractivity contribution >= 4 is 22.4 Å². The maximum Gasteiger partial charge on any atom is 0.234 e. The van der Waals surface area contributed by atoms with Gasteiger partial charge in [0.2, 0.25) is 12.1 Å². The van der Waals surface area contributed by atoms with Crippen molar-refractivity contribution in [2.24, 2.45) is 0 Å². The van der Waals surface area contributed by atoms with Gasteiger partial charge in [-0.3, -0.25) is 5.32 Å². The summed E-state index contributed by atoms with van der Waals surface area (Å²) in [7, 11) is 3.90. The number of quaternary nitrogens is 1. The van der Waals surface area contributed by atoms with E-state index < -0.39 is 0 Å². The van der Waals surface area contributed by atoms with Crippen LogP contribution in [0.2, 0.25) is 0 Å². The summed E-state index contributed by atoms with van der Waals surface area (Å²) in [6.07, 6.45) is 2.56. The average molecular weight is 443 g/mol. The highest BCUT2D eigenvalue weighted by molar-refractivity contribution is 5.91. The van der Waals surface area contributed by atoms with Crippen molar-refractivity contribution in [2.75, 3.05) is 58.9 Å². The van der Waals surface area contributed by atoms with Crippen LogP contribution in [-0.4, -0.2) is 63.1 Å². The van der Waals surface area contributed by atoms with Crippen molar-refractivity contribution in [3.05, 3.63) is 48.0 Å². The third-order valence-corrected chi connectivity index (χ3v) is 6.04. The highest BCUT2D eigenvalue weighted by Gasteiger charge is 2.24. The number of aryl methyl sites for hydroxylation is 1. The van der Waals surface area contributed by atoms with Crippen molar-refractivity contribution in [3.63, 3.8) is 0 Å². The van der Waals surface area contributed by atoms with Gasteiger partial charge in [0.1, 0.15) is 18.9 Å². The van der Waals surface area contributed by atoms with E-state index in [1.807, 2.05) is 12.1 Å². The molecule has 1 fully saturated rings. The van der Waals surface area contributed by atoms with Gasteiger partial charge in [-0.15, -0.1) is 4.98 Å². The molecule has 0 unspecified atom stereocenters. The number of ether oxygens (including phenoxy) is 3. The zero-order chi connectivity index (χ0) is 22.6. The van der Waals surface area contributed by atoms with Crippen molar-refractivity contribution in [2.45, 2.75) is 13.3 Å². The molecule has 32 heavy (non-hydrogen) atoms. The van der Waals surface area contributed by atoms with Crippen LogP contribution in [0.15, 0.2) is 36.7 Å². The minimum atomic E-state index is -0.229. The maximum atomic E-state index is 13.6. The second kappa shape index (κ2) is 9.67. The fraction of sp³-hybridized carbons (Fsp3) is 0.417. The van der Waals surface area contributed by atoms with Gasteiger partial charge in [0.15, 0.2) is 17.0 Å². The second-order valence-electron chi connectivity index (χ2n) is 8.49. The number of hydrogen-bond acceptors (Lipinski definition) is 5. The maximum absolute atomic E-state index is 13.6. The van der Waals surface area contributed by atoms with Crippen LogP contribution in [0.25, 0.3) is 10.9 Å². The van der Waals surface area contributed by atoms with Crippen molar-refractivity contribution in [3.8, 4) is 11.5 Å². The van der Waals surface area contributed by atoms with Gasteiger partial charge in [-0.2, -0.15) is 0 Å². The fourth-order valence-electron chi connectivity index (χ4n) is 3.98. The van der Waals surface area contributed by atoms with Gasteiger partial charge < -0.3 is 18.7 Å². The number of H-pyrrole nitrogens is 1. The molecule has 3 aromatic rings.